The number of alkyl halides is 3. The van der Waals surface area contributed by atoms with Gasteiger partial charge in [0.25, 0.3) is 0 Å². The van der Waals surface area contributed by atoms with Crippen molar-refractivity contribution in [2.75, 3.05) is 23.3 Å². The third kappa shape index (κ3) is 3.92. The zero-order chi connectivity index (χ0) is 22.3. The Morgan fingerprint density at radius 3 is 2.81 bits per heavy atom. The van der Waals surface area contributed by atoms with Gasteiger partial charge in [-0.05, 0) is 61.4 Å². The van der Waals surface area contributed by atoms with Crippen LogP contribution in [-0.2, 0) is 11.0 Å². The fraction of sp³-hybridized carbons (Fsp3) is 0.360. The van der Waals surface area contributed by atoms with Gasteiger partial charge in [-0.3, -0.25) is 9.79 Å². The topological polar surface area (TPSA) is 44.7 Å². The Morgan fingerprint density at radius 1 is 1.12 bits per heavy atom. The smallest absolute Gasteiger partial charge is 0.367 e. The van der Waals surface area contributed by atoms with Crippen molar-refractivity contribution in [1.29, 1.82) is 0 Å². The van der Waals surface area contributed by atoms with E-state index in [9.17, 15) is 18.0 Å². The summed E-state index contributed by atoms with van der Waals surface area (Å²) in [5.74, 6) is -0.331. The molecule has 3 aliphatic rings. The predicted molar refractivity (Wildman–Crippen MR) is 120 cm³/mol. The maximum atomic E-state index is 14.0. The number of hydrogen-bond donors (Lipinski definition) is 1. The number of anilines is 2. The lowest BCUT2D eigenvalue weighted by Crippen LogP contribution is -2.37. The highest BCUT2D eigenvalue weighted by Gasteiger charge is 2.37. The standard InChI is InChI=1S/C25H24F3N3O/c26-25(27,28)21-13-18(29-14-20-19-7-3-4-8-22(19)30-24(20)32)9-10-23(21)31-12-11-16-5-1-2-6-17(16)15-31/h3-4,6-10,13-14,16,20H,1-2,5,11-12,15H2,(H,30,32). The predicted octanol–water partition coefficient (Wildman–Crippen LogP) is 6.08. The van der Waals surface area contributed by atoms with Gasteiger partial charge in [-0.25, -0.2) is 0 Å². The molecule has 7 heteroatoms. The number of aliphatic imine (C=N–C) groups is 1. The lowest BCUT2D eigenvalue weighted by Gasteiger charge is -2.38. The molecule has 0 spiro atoms. The molecule has 1 amide bonds. The van der Waals surface area contributed by atoms with Crippen molar-refractivity contribution >= 4 is 29.2 Å². The number of nitrogens with one attached hydrogen (secondary N) is 1. The van der Waals surface area contributed by atoms with Gasteiger partial charge in [0.1, 0.15) is 5.92 Å². The van der Waals surface area contributed by atoms with E-state index in [0.29, 0.717) is 24.7 Å². The van der Waals surface area contributed by atoms with Gasteiger partial charge in [0.15, 0.2) is 0 Å². The number of halogens is 3. The third-order valence-corrected chi connectivity index (χ3v) is 6.64. The fourth-order valence-electron chi connectivity index (χ4n) is 4.99. The Labute approximate surface area is 184 Å². The van der Waals surface area contributed by atoms with Crippen LogP contribution in [0.15, 0.2) is 59.1 Å². The number of amides is 1. The van der Waals surface area contributed by atoms with E-state index in [1.807, 2.05) is 23.1 Å². The number of hydrogen-bond acceptors (Lipinski definition) is 3. The normalized spacial score (nSPS) is 23.0. The van der Waals surface area contributed by atoms with Crippen molar-refractivity contribution in [1.82, 2.24) is 0 Å². The molecule has 1 N–H and O–H groups in total. The highest BCUT2D eigenvalue weighted by molar-refractivity contribution is 6.12. The first-order chi connectivity index (χ1) is 15.4. The van der Waals surface area contributed by atoms with E-state index >= 15 is 0 Å². The molecule has 2 unspecified atom stereocenters. The van der Waals surface area contributed by atoms with Crippen LogP contribution in [0.1, 0.15) is 42.7 Å². The highest BCUT2D eigenvalue weighted by atomic mass is 19.4. The summed E-state index contributed by atoms with van der Waals surface area (Å²) < 4.78 is 41.9. The van der Waals surface area contributed by atoms with Crippen molar-refractivity contribution in [2.24, 2.45) is 10.9 Å². The average Bonchev–Trinajstić information content (AvgIpc) is 3.11. The third-order valence-electron chi connectivity index (χ3n) is 6.64. The Morgan fingerprint density at radius 2 is 1.97 bits per heavy atom. The molecule has 0 bridgehead atoms. The lowest BCUT2D eigenvalue weighted by molar-refractivity contribution is -0.137. The summed E-state index contributed by atoms with van der Waals surface area (Å²) in [6.07, 6.45) is 3.34. The molecule has 0 saturated carbocycles. The van der Waals surface area contributed by atoms with Crippen LogP contribution >= 0.6 is 0 Å². The number of rotatable bonds is 3. The molecule has 1 saturated heterocycles. The van der Waals surface area contributed by atoms with Crippen LogP contribution in [0.3, 0.4) is 0 Å². The number of allylic oxidation sites excluding steroid dienone is 1. The van der Waals surface area contributed by atoms with Crippen molar-refractivity contribution in [3.63, 3.8) is 0 Å². The number of piperidine rings is 1. The molecular weight excluding hydrogens is 415 g/mol. The van der Waals surface area contributed by atoms with Gasteiger partial charge < -0.3 is 10.2 Å². The minimum atomic E-state index is -4.49. The molecule has 2 aliphatic heterocycles. The maximum Gasteiger partial charge on any atom is 0.418 e. The van der Waals surface area contributed by atoms with Crippen LogP contribution in [-0.4, -0.2) is 25.2 Å². The van der Waals surface area contributed by atoms with Crippen molar-refractivity contribution in [3.05, 3.63) is 65.2 Å². The number of carbonyl (C=O) groups is 1. The first kappa shape index (κ1) is 20.8. The quantitative estimate of drug-likeness (QED) is 0.465. The van der Waals surface area contributed by atoms with Gasteiger partial charge in [-0.15, -0.1) is 0 Å². The van der Waals surface area contributed by atoms with E-state index in [1.54, 1.807) is 12.1 Å². The summed E-state index contributed by atoms with van der Waals surface area (Å²) >= 11 is 0. The Balaban J connectivity index is 1.43. The average molecular weight is 439 g/mol. The summed E-state index contributed by atoms with van der Waals surface area (Å²) in [4.78, 5) is 18.3. The maximum absolute atomic E-state index is 14.0. The molecule has 32 heavy (non-hydrogen) atoms. The van der Waals surface area contributed by atoms with E-state index in [1.165, 1.54) is 17.9 Å². The minimum Gasteiger partial charge on any atom is -0.367 e. The van der Waals surface area contributed by atoms with Crippen LogP contribution in [0.5, 0.6) is 0 Å². The van der Waals surface area contributed by atoms with Crippen LogP contribution in [0.25, 0.3) is 0 Å². The second-order valence-electron chi connectivity index (χ2n) is 8.65. The summed E-state index contributed by atoms with van der Waals surface area (Å²) in [5.41, 5.74) is 2.45. The Bertz CT molecular complexity index is 1110. The molecule has 5 rings (SSSR count). The Hall–Kier alpha value is -3.09. The SMILES string of the molecule is O=C1Nc2ccccc2C1C=Nc1ccc(N2CCC3CCCC=C3C2)c(C(F)(F)F)c1. The molecule has 2 atom stereocenters. The molecule has 1 fully saturated rings. The van der Waals surface area contributed by atoms with Gasteiger partial charge in [0.05, 0.1) is 11.3 Å². The molecule has 2 aromatic rings. The van der Waals surface area contributed by atoms with Crippen LogP contribution < -0.4 is 10.2 Å². The van der Waals surface area contributed by atoms with Crippen molar-refractivity contribution in [2.45, 2.75) is 37.8 Å². The number of para-hydroxylation sites is 1. The second kappa shape index (κ2) is 8.11. The van der Waals surface area contributed by atoms with Crippen LogP contribution in [0.2, 0.25) is 0 Å². The van der Waals surface area contributed by atoms with E-state index in [-0.39, 0.29) is 17.3 Å². The first-order valence-corrected chi connectivity index (χ1v) is 11.0. The number of nitrogens with zero attached hydrogens (tertiary/aromatic N) is 2. The number of fused-ring (bicyclic) bond motifs is 2. The minimum absolute atomic E-state index is 0.185. The number of carbonyl (C=O) groups excluding carboxylic acids is 1. The molecule has 166 valence electrons. The van der Waals surface area contributed by atoms with Crippen molar-refractivity contribution in [3.8, 4) is 0 Å². The second-order valence-corrected chi connectivity index (χ2v) is 8.65. The summed E-state index contributed by atoms with van der Waals surface area (Å²) in [5, 5.41) is 2.77. The lowest BCUT2D eigenvalue weighted by atomic mass is 9.82. The van der Waals surface area contributed by atoms with Gasteiger partial charge in [0, 0.05) is 30.7 Å². The summed E-state index contributed by atoms with van der Waals surface area (Å²) in [6, 6.07) is 11.5. The monoisotopic (exact) mass is 439 g/mol. The molecule has 2 aromatic carbocycles. The summed E-state index contributed by atoms with van der Waals surface area (Å²) in [7, 11) is 0. The fourth-order valence-corrected chi connectivity index (χ4v) is 4.99. The van der Waals surface area contributed by atoms with Crippen LogP contribution in [0, 0.1) is 5.92 Å². The van der Waals surface area contributed by atoms with E-state index < -0.39 is 17.7 Å². The van der Waals surface area contributed by atoms with Gasteiger partial charge in [-0.2, -0.15) is 13.2 Å². The molecule has 0 aromatic heterocycles. The molecule has 4 nitrogen and oxygen atoms in total. The van der Waals surface area contributed by atoms with E-state index in [2.05, 4.69) is 16.4 Å². The van der Waals surface area contributed by atoms with Gasteiger partial charge >= 0.3 is 6.18 Å². The van der Waals surface area contributed by atoms with Crippen LogP contribution in [0.4, 0.5) is 30.2 Å². The molecule has 2 heterocycles. The van der Waals surface area contributed by atoms with E-state index in [0.717, 1.165) is 37.3 Å². The molecule has 1 aliphatic carbocycles. The zero-order valence-corrected chi connectivity index (χ0v) is 17.5. The first-order valence-electron chi connectivity index (χ1n) is 11.0. The summed E-state index contributed by atoms with van der Waals surface area (Å²) in [6.45, 7) is 1.17. The van der Waals surface area contributed by atoms with Crippen molar-refractivity contribution < 1.29 is 18.0 Å². The zero-order valence-electron chi connectivity index (χ0n) is 17.5. The number of benzene rings is 2. The Kier molecular flexibility index (Phi) is 5.27. The molecular formula is C25H24F3N3O. The van der Waals surface area contributed by atoms with Gasteiger partial charge in [-0.1, -0.05) is 29.8 Å². The largest absolute Gasteiger partial charge is 0.418 e. The highest BCUT2D eigenvalue weighted by Crippen LogP contribution is 2.42. The van der Waals surface area contributed by atoms with E-state index in [4.69, 9.17) is 0 Å². The molecule has 0 radical (unpaired) electrons. The van der Waals surface area contributed by atoms with Gasteiger partial charge in [0.2, 0.25) is 5.91 Å².